The molecule has 4 amide bonds. The third-order valence-corrected chi connectivity index (χ3v) is 5.66. The van der Waals surface area contributed by atoms with Crippen LogP contribution in [0.2, 0.25) is 0 Å². The second-order valence-electron chi connectivity index (χ2n) is 8.17. The van der Waals surface area contributed by atoms with Gasteiger partial charge in [-0.1, -0.05) is 54.1 Å². The van der Waals surface area contributed by atoms with Crippen LogP contribution in [0.1, 0.15) is 29.2 Å². The normalized spacial score (nSPS) is 18.0. The van der Waals surface area contributed by atoms with Crippen LogP contribution in [0.25, 0.3) is 0 Å². The number of nitrogens with one attached hydrogen (secondary N) is 2. The third-order valence-electron chi connectivity index (χ3n) is 5.66. The number of rotatable bonds is 6. The molecule has 2 aromatic carbocycles. The van der Waals surface area contributed by atoms with Crippen LogP contribution in [-0.2, 0) is 21.7 Å². The van der Waals surface area contributed by atoms with Gasteiger partial charge in [-0.25, -0.2) is 9.48 Å². The molecule has 1 aliphatic heterocycles. The predicted molar refractivity (Wildman–Crippen MR) is 120 cm³/mol. The zero-order valence-corrected chi connectivity index (χ0v) is 18.3. The van der Waals surface area contributed by atoms with Crippen molar-refractivity contribution in [3.63, 3.8) is 0 Å². The van der Waals surface area contributed by atoms with Gasteiger partial charge in [0.25, 0.3) is 5.91 Å². The molecule has 1 unspecified atom stereocenters. The smallest absolute Gasteiger partial charge is 0.319 e. The van der Waals surface area contributed by atoms with Crippen LogP contribution >= 0.6 is 0 Å². The van der Waals surface area contributed by atoms with Gasteiger partial charge < -0.3 is 10.6 Å². The molecule has 2 heterocycles. The van der Waals surface area contributed by atoms with Crippen LogP contribution in [-0.4, -0.2) is 39.1 Å². The number of hydrogen-bond acceptors (Lipinski definition) is 4. The molecule has 0 spiro atoms. The van der Waals surface area contributed by atoms with Gasteiger partial charge in [-0.05, 0) is 37.5 Å². The number of imide groups is 1. The van der Waals surface area contributed by atoms with Gasteiger partial charge in [0.1, 0.15) is 17.9 Å². The highest BCUT2D eigenvalue weighted by molar-refractivity contribution is 6.10. The summed E-state index contributed by atoms with van der Waals surface area (Å²) in [6.45, 7) is 5.65. The zero-order chi connectivity index (χ0) is 22.9. The first-order chi connectivity index (χ1) is 15.3. The number of nitrogens with zero attached hydrogens (tertiary/aromatic N) is 3. The molecule has 8 heteroatoms. The Morgan fingerprint density at radius 2 is 1.88 bits per heavy atom. The van der Waals surface area contributed by atoms with E-state index in [1.165, 1.54) is 0 Å². The molecule has 3 aromatic rings. The standard InChI is InChI=1S/C24H25N5O3/c1-16-7-6-9-18(13-16)14-29-20(11-12-25-29)26-21(30)15-28-22(31)24(3,27-23(28)32)19-10-5-4-8-17(19)2/h4-13H,14-15H2,1-3H3,(H,26,30)(H,27,32). The molecule has 1 aromatic heterocycles. The van der Waals surface area contributed by atoms with Crippen LogP contribution in [0.4, 0.5) is 10.6 Å². The Bertz CT molecular complexity index is 1200. The molecule has 1 aliphatic rings. The first-order valence-electron chi connectivity index (χ1n) is 10.4. The topological polar surface area (TPSA) is 96.3 Å². The molecule has 2 N–H and O–H groups in total. The monoisotopic (exact) mass is 431 g/mol. The van der Waals surface area contributed by atoms with Crippen molar-refractivity contribution in [2.24, 2.45) is 0 Å². The van der Waals surface area contributed by atoms with E-state index in [0.717, 1.165) is 21.6 Å². The van der Waals surface area contributed by atoms with E-state index in [1.54, 1.807) is 29.9 Å². The lowest BCUT2D eigenvalue weighted by Crippen LogP contribution is -2.42. The van der Waals surface area contributed by atoms with Gasteiger partial charge in [0, 0.05) is 6.07 Å². The molecule has 1 atom stereocenters. The van der Waals surface area contributed by atoms with Crippen molar-refractivity contribution in [2.75, 3.05) is 11.9 Å². The SMILES string of the molecule is Cc1cccc(Cn2nccc2NC(=O)CN2C(=O)NC(C)(c3ccccc3C)C2=O)c1. The molecule has 1 saturated heterocycles. The van der Waals surface area contributed by atoms with Crippen LogP contribution < -0.4 is 10.6 Å². The first kappa shape index (κ1) is 21.3. The van der Waals surface area contributed by atoms with Crippen molar-refractivity contribution >= 4 is 23.7 Å². The number of anilines is 1. The van der Waals surface area contributed by atoms with E-state index < -0.39 is 23.4 Å². The highest BCUT2D eigenvalue weighted by Crippen LogP contribution is 2.30. The lowest BCUT2D eigenvalue weighted by molar-refractivity contribution is -0.133. The Hall–Kier alpha value is -3.94. The highest BCUT2D eigenvalue weighted by atomic mass is 16.2. The number of hydrogen-bond donors (Lipinski definition) is 2. The maximum absolute atomic E-state index is 13.1. The summed E-state index contributed by atoms with van der Waals surface area (Å²) in [6, 6.07) is 16.5. The van der Waals surface area contributed by atoms with Crippen LogP contribution in [0.5, 0.6) is 0 Å². The average molecular weight is 431 g/mol. The molecule has 8 nitrogen and oxygen atoms in total. The summed E-state index contributed by atoms with van der Waals surface area (Å²) in [5.41, 5.74) is 2.56. The fourth-order valence-electron chi connectivity index (χ4n) is 4.03. The lowest BCUT2D eigenvalue weighted by atomic mass is 9.88. The van der Waals surface area contributed by atoms with Gasteiger partial charge in [-0.2, -0.15) is 5.10 Å². The van der Waals surface area contributed by atoms with Crippen molar-refractivity contribution in [2.45, 2.75) is 32.9 Å². The molecular formula is C24H25N5O3. The quantitative estimate of drug-likeness (QED) is 0.587. The molecule has 164 valence electrons. The largest absolute Gasteiger partial charge is 0.325 e. The van der Waals surface area contributed by atoms with E-state index >= 15 is 0 Å². The number of carbonyl (C=O) groups excluding carboxylic acids is 3. The second kappa shape index (κ2) is 8.30. The number of urea groups is 1. The molecule has 0 aliphatic carbocycles. The minimum Gasteiger partial charge on any atom is -0.319 e. The number of amides is 4. The zero-order valence-electron chi connectivity index (χ0n) is 18.3. The van der Waals surface area contributed by atoms with Gasteiger partial charge in [-0.15, -0.1) is 0 Å². The molecule has 0 radical (unpaired) electrons. The van der Waals surface area contributed by atoms with E-state index in [9.17, 15) is 14.4 Å². The van der Waals surface area contributed by atoms with Crippen molar-refractivity contribution in [1.82, 2.24) is 20.0 Å². The summed E-state index contributed by atoms with van der Waals surface area (Å²) < 4.78 is 1.66. The average Bonchev–Trinajstić information content (AvgIpc) is 3.26. The van der Waals surface area contributed by atoms with Gasteiger partial charge in [-0.3, -0.25) is 14.5 Å². The lowest BCUT2D eigenvalue weighted by Gasteiger charge is -2.24. The fraction of sp³-hybridized carbons (Fsp3) is 0.250. The summed E-state index contributed by atoms with van der Waals surface area (Å²) in [7, 11) is 0. The van der Waals surface area contributed by atoms with Crippen molar-refractivity contribution < 1.29 is 14.4 Å². The first-order valence-corrected chi connectivity index (χ1v) is 10.4. The Balaban J connectivity index is 1.46. The molecule has 0 saturated carbocycles. The van der Waals surface area contributed by atoms with Crippen LogP contribution in [0.3, 0.4) is 0 Å². The number of carbonyl (C=O) groups is 3. The van der Waals surface area contributed by atoms with E-state index in [0.29, 0.717) is 17.9 Å². The highest BCUT2D eigenvalue weighted by Gasteiger charge is 2.50. The molecular weight excluding hydrogens is 406 g/mol. The predicted octanol–water partition coefficient (Wildman–Crippen LogP) is 2.95. The summed E-state index contributed by atoms with van der Waals surface area (Å²) in [6.07, 6.45) is 1.59. The Morgan fingerprint density at radius 3 is 2.62 bits per heavy atom. The Kier molecular flexibility index (Phi) is 5.52. The minimum atomic E-state index is -1.21. The van der Waals surface area contributed by atoms with Gasteiger partial charge in [0.15, 0.2) is 0 Å². The number of benzene rings is 2. The second-order valence-corrected chi connectivity index (χ2v) is 8.17. The van der Waals surface area contributed by atoms with Crippen molar-refractivity contribution in [3.05, 3.63) is 83.0 Å². The van der Waals surface area contributed by atoms with E-state index in [4.69, 9.17) is 0 Å². The van der Waals surface area contributed by atoms with Crippen molar-refractivity contribution in [3.8, 4) is 0 Å². The van der Waals surface area contributed by atoms with Gasteiger partial charge >= 0.3 is 6.03 Å². The summed E-state index contributed by atoms with van der Waals surface area (Å²) in [5.74, 6) is -0.445. The fourth-order valence-corrected chi connectivity index (χ4v) is 4.03. The van der Waals surface area contributed by atoms with Gasteiger partial charge in [0.05, 0.1) is 12.7 Å². The van der Waals surface area contributed by atoms with E-state index in [-0.39, 0.29) is 6.54 Å². The summed E-state index contributed by atoms with van der Waals surface area (Å²) in [5, 5.41) is 9.77. The van der Waals surface area contributed by atoms with Crippen LogP contribution in [0.15, 0.2) is 60.8 Å². The van der Waals surface area contributed by atoms with E-state index in [1.807, 2.05) is 56.3 Å². The molecule has 32 heavy (non-hydrogen) atoms. The number of aromatic nitrogens is 2. The summed E-state index contributed by atoms with van der Waals surface area (Å²) in [4.78, 5) is 39.3. The molecule has 4 rings (SSSR count). The summed E-state index contributed by atoms with van der Waals surface area (Å²) >= 11 is 0. The molecule has 0 bridgehead atoms. The van der Waals surface area contributed by atoms with Crippen molar-refractivity contribution in [1.29, 1.82) is 0 Å². The maximum atomic E-state index is 13.1. The number of aryl methyl sites for hydroxylation is 2. The molecule has 1 fully saturated rings. The maximum Gasteiger partial charge on any atom is 0.325 e. The Morgan fingerprint density at radius 1 is 1.09 bits per heavy atom. The van der Waals surface area contributed by atoms with E-state index in [2.05, 4.69) is 15.7 Å². The third kappa shape index (κ3) is 3.99. The van der Waals surface area contributed by atoms with Gasteiger partial charge in [0.2, 0.25) is 5.91 Å². The minimum absolute atomic E-state index is 0.387. The Labute approximate surface area is 186 Å². The van der Waals surface area contributed by atoms with Crippen LogP contribution in [0, 0.1) is 13.8 Å².